The fraction of sp³-hybridized carbons (Fsp3) is 0.727. The fourth-order valence-corrected chi connectivity index (χ4v) is 4.64. The topological polar surface area (TPSA) is 86.3 Å². The minimum absolute atomic E-state index is 0.143. The van der Waals surface area contributed by atoms with Gasteiger partial charge in [0.1, 0.15) is 4.90 Å². The van der Waals surface area contributed by atoms with E-state index in [4.69, 9.17) is 0 Å². The second-order valence-electron chi connectivity index (χ2n) is 4.89. The average Bonchev–Trinajstić information content (AvgIpc) is 2.82. The number of aliphatic hydroxyl groups is 1. The van der Waals surface area contributed by atoms with Crippen LogP contribution >= 0.6 is 0 Å². The van der Waals surface area contributed by atoms with Gasteiger partial charge in [0.2, 0.25) is 10.0 Å². The molecule has 0 bridgehead atoms. The third kappa shape index (κ3) is 1.96. The first-order valence-electron chi connectivity index (χ1n) is 6.04. The highest BCUT2D eigenvalue weighted by atomic mass is 32.2. The van der Waals surface area contributed by atoms with Gasteiger partial charge in [-0.15, -0.1) is 0 Å². The number of nitrogens with zero attached hydrogens (tertiary/aromatic N) is 2. The Labute approximate surface area is 107 Å². The second-order valence-corrected chi connectivity index (χ2v) is 6.72. The minimum Gasteiger partial charge on any atom is -0.395 e. The van der Waals surface area contributed by atoms with Crippen LogP contribution < -0.4 is 0 Å². The number of sulfonamides is 1. The van der Waals surface area contributed by atoms with Crippen LogP contribution in [-0.2, 0) is 10.0 Å². The summed E-state index contributed by atoms with van der Waals surface area (Å²) in [5, 5.41) is 16.0. The standard InChI is InChI=1S/C11H19N3O3S/c1-7-4-5-14(10(7)6-15)18(16,17)11-8(2)12-13-9(11)3/h7,10,15H,4-6H2,1-3H3,(H,12,13). The van der Waals surface area contributed by atoms with Crippen molar-refractivity contribution in [2.45, 2.75) is 38.1 Å². The van der Waals surface area contributed by atoms with Gasteiger partial charge < -0.3 is 5.11 Å². The number of aliphatic hydroxyl groups excluding tert-OH is 1. The molecule has 2 heterocycles. The highest BCUT2D eigenvalue weighted by Crippen LogP contribution is 2.31. The van der Waals surface area contributed by atoms with Gasteiger partial charge in [-0.25, -0.2) is 8.42 Å². The van der Waals surface area contributed by atoms with Crippen molar-refractivity contribution >= 4 is 10.0 Å². The first kappa shape index (κ1) is 13.5. The number of aromatic nitrogens is 2. The van der Waals surface area contributed by atoms with Crippen LogP contribution in [0.25, 0.3) is 0 Å². The molecule has 102 valence electrons. The van der Waals surface area contributed by atoms with Crippen LogP contribution in [0.5, 0.6) is 0 Å². The molecule has 6 nitrogen and oxygen atoms in total. The number of nitrogens with one attached hydrogen (secondary N) is 1. The number of hydrogen-bond donors (Lipinski definition) is 2. The predicted molar refractivity (Wildman–Crippen MR) is 66.6 cm³/mol. The molecule has 1 saturated heterocycles. The first-order valence-corrected chi connectivity index (χ1v) is 7.48. The highest BCUT2D eigenvalue weighted by Gasteiger charge is 2.40. The lowest BCUT2D eigenvalue weighted by atomic mass is 10.0. The molecular weight excluding hydrogens is 254 g/mol. The molecule has 2 N–H and O–H groups in total. The summed E-state index contributed by atoms with van der Waals surface area (Å²) < 4.78 is 26.6. The maximum absolute atomic E-state index is 12.6. The van der Waals surface area contributed by atoms with Gasteiger partial charge in [0.25, 0.3) is 0 Å². The largest absolute Gasteiger partial charge is 0.395 e. The van der Waals surface area contributed by atoms with Crippen LogP contribution in [0.4, 0.5) is 0 Å². The van der Waals surface area contributed by atoms with Crippen LogP contribution in [0.15, 0.2) is 4.90 Å². The molecule has 2 unspecified atom stereocenters. The quantitative estimate of drug-likeness (QED) is 0.835. The first-order chi connectivity index (χ1) is 8.39. The van der Waals surface area contributed by atoms with E-state index < -0.39 is 10.0 Å². The SMILES string of the molecule is Cc1n[nH]c(C)c1S(=O)(=O)N1CCC(C)C1CO. The van der Waals surface area contributed by atoms with E-state index in [-0.39, 0.29) is 23.5 Å². The number of aryl methyl sites for hydroxylation is 2. The van der Waals surface area contributed by atoms with Crippen molar-refractivity contribution in [3.05, 3.63) is 11.4 Å². The maximum atomic E-state index is 12.6. The van der Waals surface area contributed by atoms with Gasteiger partial charge in [-0.2, -0.15) is 9.40 Å². The normalized spacial score (nSPS) is 25.8. The molecule has 0 aliphatic carbocycles. The van der Waals surface area contributed by atoms with E-state index in [1.807, 2.05) is 6.92 Å². The van der Waals surface area contributed by atoms with Crippen molar-refractivity contribution in [3.8, 4) is 0 Å². The number of aromatic amines is 1. The van der Waals surface area contributed by atoms with Crippen LogP contribution in [-0.4, -0.2) is 47.2 Å². The lowest BCUT2D eigenvalue weighted by Gasteiger charge is -2.24. The smallest absolute Gasteiger partial charge is 0.247 e. The number of H-pyrrole nitrogens is 1. The zero-order valence-corrected chi connectivity index (χ0v) is 11.7. The Kier molecular flexibility index (Phi) is 3.48. The molecular formula is C11H19N3O3S. The van der Waals surface area contributed by atoms with Crippen molar-refractivity contribution in [1.29, 1.82) is 0 Å². The lowest BCUT2D eigenvalue weighted by molar-refractivity contribution is 0.191. The van der Waals surface area contributed by atoms with Gasteiger partial charge >= 0.3 is 0 Å². The van der Waals surface area contributed by atoms with Crippen LogP contribution in [0.2, 0.25) is 0 Å². The second kappa shape index (κ2) is 4.64. The summed E-state index contributed by atoms with van der Waals surface area (Å²) in [6.45, 7) is 5.64. The van der Waals surface area contributed by atoms with E-state index in [1.165, 1.54) is 4.31 Å². The van der Waals surface area contributed by atoms with Gasteiger partial charge in [0, 0.05) is 6.54 Å². The molecule has 0 aromatic carbocycles. The van der Waals surface area contributed by atoms with Crippen LogP contribution in [0, 0.1) is 19.8 Å². The Morgan fingerprint density at radius 1 is 1.50 bits per heavy atom. The average molecular weight is 273 g/mol. The number of hydrogen-bond acceptors (Lipinski definition) is 4. The maximum Gasteiger partial charge on any atom is 0.247 e. The molecule has 1 aromatic rings. The van der Waals surface area contributed by atoms with Crippen molar-refractivity contribution in [3.63, 3.8) is 0 Å². The molecule has 0 spiro atoms. The Balaban J connectivity index is 2.44. The Morgan fingerprint density at radius 3 is 2.67 bits per heavy atom. The van der Waals surface area contributed by atoms with E-state index in [9.17, 15) is 13.5 Å². The van der Waals surface area contributed by atoms with Crippen molar-refractivity contribution < 1.29 is 13.5 Å². The van der Waals surface area contributed by atoms with Crippen molar-refractivity contribution in [2.75, 3.05) is 13.2 Å². The lowest BCUT2D eigenvalue weighted by Crippen LogP contribution is -2.40. The van der Waals surface area contributed by atoms with Gasteiger partial charge in [-0.3, -0.25) is 5.10 Å². The fourth-order valence-electron chi connectivity index (χ4n) is 2.58. The molecule has 2 atom stereocenters. The van der Waals surface area contributed by atoms with E-state index in [0.29, 0.717) is 17.9 Å². The van der Waals surface area contributed by atoms with Crippen LogP contribution in [0.3, 0.4) is 0 Å². The molecule has 1 fully saturated rings. The summed E-state index contributed by atoms with van der Waals surface area (Å²) in [6.07, 6.45) is 0.778. The Bertz CT molecular complexity index is 518. The monoisotopic (exact) mass is 273 g/mol. The van der Waals surface area contributed by atoms with E-state index in [0.717, 1.165) is 6.42 Å². The molecule has 1 aliphatic heterocycles. The Morgan fingerprint density at radius 2 is 2.17 bits per heavy atom. The summed E-state index contributed by atoms with van der Waals surface area (Å²) in [5.74, 6) is 0.178. The van der Waals surface area contributed by atoms with E-state index in [2.05, 4.69) is 10.2 Å². The highest BCUT2D eigenvalue weighted by molar-refractivity contribution is 7.89. The van der Waals surface area contributed by atoms with Crippen molar-refractivity contribution in [1.82, 2.24) is 14.5 Å². The minimum atomic E-state index is -3.57. The summed E-state index contributed by atoms with van der Waals surface area (Å²) in [5.41, 5.74) is 1.02. The van der Waals surface area contributed by atoms with E-state index in [1.54, 1.807) is 13.8 Å². The molecule has 1 aliphatic rings. The molecule has 18 heavy (non-hydrogen) atoms. The van der Waals surface area contributed by atoms with Gasteiger partial charge in [-0.1, -0.05) is 6.92 Å². The zero-order chi connectivity index (χ0) is 13.5. The summed E-state index contributed by atoms with van der Waals surface area (Å²) in [4.78, 5) is 0.245. The molecule has 2 rings (SSSR count). The molecule has 0 amide bonds. The van der Waals surface area contributed by atoms with E-state index >= 15 is 0 Å². The van der Waals surface area contributed by atoms with Gasteiger partial charge in [0.05, 0.1) is 24.0 Å². The summed E-state index contributed by atoms with van der Waals surface area (Å²) >= 11 is 0. The third-order valence-corrected chi connectivity index (χ3v) is 5.83. The molecule has 0 saturated carbocycles. The van der Waals surface area contributed by atoms with Gasteiger partial charge in [-0.05, 0) is 26.2 Å². The summed E-state index contributed by atoms with van der Waals surface area (Å²) in [6, 6.07) is -0.330. The third-order valence-electron chi connectivity index (χ3n) is 3.65. The van der Waals surface area contributed by atoms with Gasteiger partial charge in [0.15, 0.2) is 0 Å². The molecule has 1 aromatic heterocycles. The molecule has 7 heteroatoms. The number of rotatable bonds is 3. The predicted octanol–water partition coefficient (Wildman–Crippen LogP) is 0.418. The Hall–Kier alpha value is -0.920. The van der Waals surface area contributed by atoms with Crippen molar-refractivity contribution in [2.24, 2.45) is 5.92 Å². The zero-order valence-electron chi connectivity index (χ0n) is 10.8. The van der Waals surface area contributed by atoms with Crippen LogP contribution in [0.1, 0.15) is 24.7 Å². The molecule has 0 radical (unpaired) electrons. The summed E-state index contributed by atoms with van der Waals surface area (Å²) in [7, 11) is -3.57.